The summed E-state index contributed by atoms with van der Waals surface area (Å²) < 4.78 is 32.4. The van der Waals surface area contributed by atoms with Crippen molar-refractivity contribution in [3.63, 3.8) is 0 Å². The van der Waals surface area contributed by atoms with Crippen molar-refractivity contribution in [3.8, 4) is 5.69 Å². The van der Waals surface area contributed by atoms with Crippen LogP contribution in [-0.2, 0) is 10.1 Å². The van der Waals surface area contributed by atoms with Crippen LogP contribution in [0.25, 0.3) is 5.69 Å². The maximum absolute atomic E-state index is 11.1. The standard InChI is InChI=1S/C7H5N4O3S2.Na/c12-16(13,14)6-4-2-1-3-5(6)11-7(15)8-9-10-11;/h1-3H,(H,8,10,15)(H,12,13,14);/q-1;+1. The molecule has 0 aliphatic rings. The van der Waals surface area contributed by atoms with E-state index < -0.39 is 15.0 Å². The summed E-state index contributed by atoms with van der Waals surface area (Å²) in [6.07, 6.45) is 0. The number of aromatic amines is 1. The van der Waals surface area contributed by atoms with Gasteiger partial charge in [-0.2, -0.15) is 26.6 Å². The number of nitrogens with zero attached hydrogens (tertiary/aromatic N) is 3. The zero-order chi connectivity index (χ0) is 11.8. The summed E-state index contributed by atoms with van der Waals surface area (Å²) in [5.41, 5.74) is 0.111. The van der Waals surface area contributed by atoms with Crippen molar-refractivity contribution in [2.45, 2.75) is 4.90 Å². The number of H-pyrrole nitrogens is 1. The quantitative estimate of drug-likeness (QED) is 0.270. The van der Waals surface area contributed by atoms with E-state index in [0.717, 1.165) is 4.68 Å². The van der Waals surface area contributed by atoms with Crippen LogP contribution in [0.2, 0.25) is 0 Å². The van der Waals surface area contributed by atoms with Crippen LogP contribution in [0.5, 0.6) is 0 Å². The number of nitrogens with one attached hydrogen (secondary N) is 1. The topological polar surface area (TPSA) is 101 Å². The van der Waals surface area contributed by atoms with Crippen molar-refractivity contribution in [1.29, 1.82) is 0 Å². The molecule has 10 heteroatoms. The van der Waals surface area contributed by atoms with Crippen LogP contribution < -0.4 is 29.6 Å². The molecule has 0 spiro atoms. The first kappa shape index (κ1) is 14.5. The second kappa shape index (κ2) is 5.38. The van der Waals surface area contributed by atoms with Crippen molar-refractivity contribution in [1.82, 2.24) is 20.2 Å². The van der Waals surface area contributed by atoms with Crippen LogP contribution in [0.3, 0.4) is 0 Å². The summed E-state index contributed by atoms with van der Waals surface area (Å²) in [6.45, 7) is 0. The first-order valence-electron chi connectivity index (χ1n) is 3.99. The molecule has 0 aliphatic carbocycles. The van der Waals surface area contributed by atoms with Crippen LogP contribution in [0, 0.1) is 10.8 Å². The van der Waals surface area contributed by atoms with E-state index in [1.807, 2.05) is 0 Å². The van der Waals surface area contributed by atoms with Crippen LogP contribution in [0.1, 0.15) is 0 Å². The summed E-state index contributed by atoms with van der Waals surface area (Å²) >= 11 is 4.82. The fraction of sp³-hybridized carbons (Fsp3) is 0. The molecule has 2 aromatic rings. The molecular weight excluding hydrogens is 275 g/mol. The third-order valence-corrected chi connectivity index (χ3v) is 2.87. The average molecular weight is 280 g/mol. The molecule has 7 nitrogen and oxygen atoms in total. The first-order chi connectivity index (χ1) is 7.50. The van der Waals surface area contributed by atoms with Gasteiger partial charge in [-0.15, -0.1) is 6.07 Å². The molecule has 0 unspecified atom stereocenters. The van der Waals surface area contributed by atoms with Gasteiger partial charge in [0.2, 0.25) is 4.77 Å². The molecule has 1 aromatic heterocycles. The number of tetrazole rings is 1. The fourth-order valence-electron chi connectivity index (χ4n) is 1.15. The first-order valence-corrected chi connectivity index (χ1v) is 5.83. The van der Waals surface area contributed by atoms with E-state index in [2.05, 4.69) is 21.6 Å². The molecule has 17 heavy (non-hydrogen) atoms. The van der Waals surface area contributed by atoms with Crippen molar-refractivity contribution in [3.05, 3.63) is 29.0 Å². The van der Waals surface area contributed by atoms with Crippen molar-refractivity contribution < 1.29 is 42.5 Å². The summed E-state index contributed by atoms with van der Waals surface area (Å²) in [5, 5.41) is 9.30. The molecule has 2 rings (SSSR count). The molecule has 1 heterocycles. The van der Waals surface area contributed by atoms with E-state index in [4.69, 9.17) is 16.8 Å². The molecule has 0 saturated heterocycles. The Morgan fingerprint density at radius 3 is 2.76 bits per heavy atom. The maximum atomic E-state index is 11.1. The second-order valence-corrected chi connectivity index (χ2v) is 4.50. The van der Waals surface area contributed by atoms with Gasteiger partial charge in [-0.05, 0) is 17.9 Å². The predicted molar refractivity (Wildman–Crippen MR) is 55.2 cm³/mol. The van der Waals surface area contributed by atoms with Gasteiger partial charge in [0.05, 0.1) is 0 Å². The minimum atomic E-state index is -4.37. The summed E-state index contributed by atoms with van der Waals surface area (Å²) in [6, 6.07) is 6.76. The zero-order valence-corrected chi connectivity index (χ0v) is 12.3. The van der Waals surface area contributed by atoms with E-state index in [1.54, 1.807) is 6.07 Å². The van der Waals surface area contributed by atoms with Gasteiger partial charge in [-0.1, -0.05) is 10.3 Å². The van der Waals surface area contributed by atoms with Crippen molar-refractivity contribution in [2.24, 2.45) is 0 Å². The van der Waals surface area contributed by atoms with Crippen molar-refractivity contribution >= 4 is 22.3 Å². The molecule has 0 fully saturated rings. The van der Waals surface area contributed by atoms with E-state index in [0.29, 0.717) is 0 Å². The third kappa shape index (κ3) is 3.00. The zero-order valence-electron chi connectivity index (χ0n) is 8.65. The molecule has 84 valence electrons. The molecule has 1 aromatic carbocycles. The van der Waals surface area contributed by atoms with Gasteiger partial charge in [0, 0.05) is 4.90 Å². The van der Waals surface area contributed by atoms with Gasteiger partial charge < -0.3 is 0 Å². The average Bonchev–Trinajstić information content (AvgIpc) is 2.63. The second-order valence-electron chi connectivity index (χ2n) is 2.78. The Hall–Kier alpha value is -0.580. The number of benzene rings is 1. The monoisotopic (exact) mass is 280 g/mol. The minimum Gasteiger partial charge on any atom is -0.283 e. The Morgan fingerprint density at radius 2 is 2.24 bits per heavy atom. The summed E-state index contributed by atoms with van der Waals surface area (Å²) in [4.78, 5) is -0.392. The number of aromatic nitrogens is 4. The van der Waals surface area contributed by atoms with Gasteiger partial charge >= 0.3 is 29.6 Å². The van der Waals surface area contributed by atoms with E-state index in [9.17, 15) is 8.42 Å². The molecule has 0 atom stereocenters. The predicted octanol–water partition coefficient (Wildman–Crippen LogP) is -2.62. The maximum Gasteiger partial charge on any atom is 1.00 e. The number of rotatable bonds is 2. The van der Waals surface area contributed by atoms with Crippen LogP contribution in [0.4, 0.5) is 0 Å². The molecule has 0 bridgehead atoms. The Kier molecular flexibility index (Phi) is 4.58. The van der Waals surface area contributed by atoms with Gasteiger partial charge in [0.1, 0.15) is 0 Å². The fourth-order valence-corrected chi connectivity index (χ4v) is 1.97. The Morgan fingerprint density at radius 1 is 1.53 bits per heavy atom. The smallest absolute Gasteiger partial charge is 0.283 e. The largest absolute Gasteiger partial charge is 1.00 e. The van der Waals surface area contributed by atoms with Gasteiger partial charge in [0.25, 0.3) is 10.1 Å². The minimum absolute atomic E-state index is 0. The van der Waals surface area contributed by atoms with E-state index in [1.165, 1.54) is 12.1 Å². The molecule has 0 amide bonds. The Balaban J connectivity index is 0.00000144. The number of hydrogen-bond donors (Lipinski definition) is 2. The van der Waals surface area contributed by atoms with Crippen LogP contribution in [0.15, 0.2) is 23.1 Å². The SMILES string of the molecule is O=S(=O)(O)c1[c-]cccc1-n1[nH]nnc1=S.[Na+]. The van der Waals surface area contributed by atoms with Crippen LogP contribution in [-0.4, -0.2) is 33.2 Å². The van der Waals surface area contributed by atoms with Gasteiger partial charge in [-0.3, -0.25) is 9.23 Å². The van der Waals surface area contributed by atoms with Gasteiger partial charge in [-0.25, -0.2) is 5.21 Å². The summed E-state index contributed by atoms with van der Waals surface area (Å²) in [7, 11) is -4.37. The Bertz CT molecular complexity index is 678. The number of hydrogen-bond acceptors (Lipinski definition) is 5. The third-order valence-electron chi connectivity index (χ3n) is 1.77. The summed E-state index contributed by atoms with van der Waals surface area (Å²) in [5.74, 6) is 0. The Labute approximate surface area is 124 Å². The van der Waals surface area contributed by atoms with Crippen LogP contribution >= 0.6 is 12.2 Å². The molecule has 2 N–H and O–H groups in total. The van der Waals surface area contributed by atoms with E-state index >= 15 is 0 Å². The normalized spacial score (nSPS) is 10.9. The molecule has 0 aliphatic heterocycles. The molecular formula is C7H5N4NaO3S2. The molecule has 0 radical (unpaired) electrons. The molecule has 0 saturated carbocycles. The van der Waals surface area contributed by atoms with E-state index in [-0.39, 0.29) is 40.0 Å². The van der Waals surface area contributed by atoms with Gasteiger partial charge in [0.15, 0.2) is 0 Å². The van der Waals surface area contributed by atoms with Crippen molar-refractivity contribution in [2.75, 3.05) is 0 Å².